The number of para-hydroxylation sites is 2. The first-order valence-electron chi connectivity index (χ1n) is 7.04. The lowest BCUT2D eigenvalue weighted by atomic mass is 10.1. The number of halogens is 4. The van der Waals surface area contributed by atoms with Gasteiger partial charge in [0, 0.05) is 5.69 Å². The fraction of sp³-hybridized carbons (Fsp3) is 0.188. The summed E-state index contributed by atoms with van der Waals surface area (Å²) >= 11 is 5.99. The molecule has 0 saturated heterocycles. The molecule has 9 heteroatoms. The summed E-state index contributed by atoms with van der Waals surface area (Å²) in [6, 6.07) is 11.2. The largest absolute Gasteiger partial charge is 0.426 e. The zero-order valence-electron chi connectivity index (χ0n) is 13.0. The Morgan fingerprint density at radius 3 is 2.36 bits per heavy atom. The van der Waals surface area contributed by atoms with E-state index in [4.69, 9.17) is 17.3 Å². The van der Waals surface area contributed by atoms with Crippen LogP contribution in [-0.2, 0) is 4.79 Å². The average molecular weight is 374 g/mol. The van der Waals surface area contributed by atoms with Crippen molar-refractivity contribution in [2.24, 2.45) is 0 Å². The van der Waals surface area contributed by atoms with E-state index in [-0.39, 0.29) is 10.7 Å². The second-order valence-corrected chi connectivity index (χ2v) is 5.84. The van der Waals surface area contributed by atoms with Gasteiger partial charge in [-0.05, 0) is 37.3 Å². The number of rotatable bonds is 4. The Morgan fingerprint density at radius 2 is 1.80 bits per heavy atom. The molecule has 2 aromatic rings. The van der Waals surface area contributed by atoms with E-state index in [9.17, 15) is 23.1 Å². The minimum atomic E-state index is -5.12. The van der Waals surface area contributed by atoms with Crippen LogP contribution in [0.25, 0.3) is 0 Å². The maximum atomic E-state index is 12.7. The number of nitrogens with one attached hydrogen (secondary N) is 2. The van der Waals surface area contributed by atoms with Crippen molar-refractivity contribution in [3.05, 3.63) is 47.5 Å². The molecule has 1 amide bonds. The first kappa shape index (κ1) is 18.9. The van der Waals surface area contributed by atoms with E-state index in [1.165, 1.54) is 18.2 Å². The van der Waals surface area contributed by atoms with Gasteiger partial charge in [-0.2, -0.15) is 13.2 Å². The van der Waals surface area contributed by atoms with Crippen molar-refractivity contribution in [3.63, 3.8) is 0 Å². The van der Waals surface area contributed by atoms with Gasteiger partial charge in [-0.25, -0.2) is 0 Å². The van der Waals surface area contributed by atoms with Crippen molar-refractivity contribution in [2.45, 2.75) is 18.7 Å². The summed E-state index contributed by atoms with van der Waals surface area (Å²) in [7, 11) is 0. The van der Waals surface area contributed by atoms with Crippen LogP contribution in [0.2, 0.25) is 5.02 Å². The van der Waals surface area contributed by atoms with E-state index in [2.05, 4.69) is 5.32 Å². The van der Waals surface area contributed by atoms with E-state index < -0.39 is 17.7 Å². The van der Waals surface area contributed by atoms with E-state index in [0.29, 0.717) is 24.0 Å². The van der Waals surface area contributed by atoms with Crippen LogP contribution in [0.4, 0.5) is 35.9 Å². The van der Waals surface area contributed by atoms with Crippen molar-refractivity contribution >= 4 is 40.3 Å². The van der Waals surface area contributed by atoms with Gasteiger partial charge in [0.2, 0.25) is 5.60 Å². The predicted molar refractivity (Wildman–Crippen MR) is 90.9 cm³/mol. The van der Waals surface area contributed by atoms with Gasteiger partial charge >= 0.3 is 6.18 Å². The first-order valence-corrected chi connectivity index (χ1v) is 7.42. The third-order valence-electron chi connectivity index (χ3n) is 3.45. The smallest absolute Gasteiger partial charge is 0.397 e. The standard InChI is InChI=1S/C16H15ClF3N3O2/c1-15(25,16(18,19)20)14(24)23-12-7-6-9(8-10(12)17)22-13-5-3-2-4-11(13)21/h2-8,22,25H,21H2,1H3,(H,23,24)/t15-/m1/s1. The summed E-state index contributed by atoms with van der Waals surface area (Å²) in [5, 5.41) is 14.3. The number of carbonyl (C=O) groups excluding carboxylic acids is 1. The van der Waals surface area contributed by atoms with Crippen LogP contribution in [0.1, 0.15) is 6.92 Å². The highest BCUT2D eigenvalue weighted by molar-refractivity contribution is 6.34. The highest BCUT2D eigenvalue weighted by Gasteiger charge is 2.55. The maximum absolute atomic E-state index is 12.7. The normalized spacial score (nSPS) is 13.8. The molecule has 0 fully saturated rings. The Labute approximate surface area is 146 Å². The van der Waals surface area contributed by atoms with Crippen LogP contribution in [0.5, 0.6) is 0 Å². The molecule has 0 radical (unpaired) electrons. The van der Waals surface area contributed by atoms with E-state index in [1.54, 1.807) is 24.3 Å². The monoisotopic (exact) mass is 373 g/mol. The van der Waals surface area contributed by atoms with Crippen LogP contribution in [0.3, 0.4) is 0 Å². The van der Waals surface area contributed by atoms with Gasteiger partial charge in [0.1, 0.15) is 0 Å². The Kier molecular flexibility index (Phi) is 5.15. The average Bonchev–Trinajstić information content (AvgIpc) is 2.51. The first-order chi connectivity index (χ1) is 11.5. The molecule has 2 rings (SSSR count). The number of alkyl halides is 3. The van der Waals surface area contributed by atoms with Gasteiger partial charge in [-0.1, -0.05) is 23.7 Å². The van der Waals surface area contributed by atoms with Gasteiger partial charge in [0.15, 0.2) is 0 Å². The molecule has 0 bridgehead atoms. The number of carbonyl (C=O) groups is 1. The molecule has 0 aliphatic rings. The van der Waals surface area contributed by atoms with Gasteiger partial charge in [0.05, 0.1) is 22.1 Å². The van der Waals surface area contributed by atoms with E-state index in [1.807, 2.05) is 5.32 Å². The number of aliphatic hydroxyl groups is 1. The summed E-state index contributed by atoms with van der Waals surface area (Å²) in [5.41, 5.74) is 3.84. The molecule has 134 valence electrons. The van der Waals surface area contributed by atoms with E-state index >= 15 is 0 Å². The van der Waals surface area contributed by atoms with Crippen LogP contribution in [-0.4, -0.2) is 22.8 Å². The third-order valence-corrected chi connectivity index (χ3v) is 3.76. The number of hydrogen-bond donors (Lipinski definition) is 4. The molecular weight excluding hydrogens is 359 g/mol. The van der Waals surface area contributed by atoms with Crippen LogP contribution >= 0.6 is 11.6 Å². The third kappa shape index (κ3) is 4.15. The van der Waals surface area contributed by atoms with Gasteiger partial charge in [-0.3, -0.25) is 4.79 Å². The zero-order chi connectivity index (χ0) is 18.8. The molecule has 0 saturated carbocycles. The number of benzene rings is 2. The summed E-state index contributed by atoms with van der Waals surface area (Å²) in [4.78, 5) is 11.7. The molecule has 1 atom stereocenters. The zero-order valence-corrected chi connectivity index (χ0v) is 13.7. The Balaban J connectivity index is 2.17. The lowest BCUT2D eigenvalue weighted by Crippen LogP contribution is -2.52. The second kappa shape index (κ2) is 6.81. The second-order valence-electron chi connectivity index (χ2n) is 5.43. The molecule has 0 unspecified atom stereocenters. The summed E-state index contributed by atoms with van der Waals surface area (Å²) in [6.45, 7) is 0.365. The number of nitrogens with two attached hydrogens (primary N) is 1. The van der Waals surface area contributed by atoms with Crippen molar-refractivity contribution < 1.29 is 23.1 Å². The minimum absolute atomic E-state index is 0.00849. The van der Waals surface area contributed by atoms with Gasteiger partial charge in [0.25, 0.3) is 5.91 Å². The molecule has 0 spiro atoms. The van der Waals surface area contributed by atoms with E-state index in [0.717, 1.165) is 0 Å². The van der Waals surface area contributed by atoms with Crippen molar-refractivity contribution in [3.8, 4) is 0 Å². The van der Waals surface area contributed by atoms with Crippen molar-refractivity contribution in [1.82, 2.24) is 0 Å². The molecule has 0 heterocycles. The molecule has 5 nitrogen and oxygen atoms in total. The topological polar surface area (TPSA) is 87.4 Å². The summed E-state index contributed by atoms with van der Waals surface area (Å²) in [5.74, 6) is -1.63. The maximum Gasteiger partial charge on any atom is 0.426 e. The molecule has 5 N–H and O–H groups in total. The molecular formula is C16H15ClF3N3O2. The minimum Gasteiger partial charge on any atom is -0.397 e. The Bertz CT molecular complexity index is 794. The molecule has 0 aromatic heterocycles. The summed E-state index contributed by atoms with van der Waals surface area (Å²) in [6.07, 6.45) is -5.12. The SMILES string of the molecule is C[C@@](O)(C(=O)Nc1ccc(Nc2ccccc2N)cc1Cl)C(F)(F)F. The lowest BCUT2D eigenvalue weighted by Gasteiger charge is -2.25. The Morgan fingerprint density at radius 1 is 1.16 bits per heavy atom. The molecule has 0 aliphatic heterocycles. The van der Waals surface area contributed by atoms with Crippen LogP contribution in [0.15, 0.2) is 42.5 Å². The highest BCUT2D eigenvalue weighted by atomic mass is 35.5. The van der Waals surface area contributed by atoms with Gasteiger partial charge < -0.3 is 21.5 Å². The predicted octanol–water partition coefficient (Wildman–Crippen LogP) is 3.92. The fourth-order valence-electron chi connectivity index (χ4n) is 1.83. The fourth-order valence-corrected chi connectivity index (χ4v) is 2.06. The summed E-state index contributed by atoms with van der Waals surface area (Å²) < 4.78 is 38.0. The highest BCUT2D eigenvalue weighted by Crippen LogP contribution is 2.33. The lowest BCUT2D eigenvalue weighted by molar-refractivity contribution is -0.242. The number of anilines is 4. The number of nitrogen functional groups attached to an aromatic ring is 1. The molecule has 0 aliphatic carbocycles. The van der Waals surface area contributed by atoms with Crippen LogP contribution < -0.4 is 16.4 Å². The van der Waals surface area contributed by atoms with Crippen molar-refractivity contribution in [1.29, 1.82) is 0 Å². The quantitative estimate of drug-likeness (QED) is 0.612. The number of hydrogen-bond acceptors (Lipinski definition) is 4. The number of amides is 1. The molecule has 25 heavy (non-hydrogen) atoms. The van der Waals surface area contributed by atoms with Gasteiger partial charge in [-0.15, -0.1) is 0 Å². The Hall–Kier alpha value is -2.45. The van der Waals surface area contributed by atoms with Crippen LogP contribution in [0, 0.1) is 0 Å². The molecule has 2 aromatic carbocycles. The van der Waals surface area contributed by atoms with Crippen molar-refractivity contribution in [2.75, 3.05) is 16.4 Å².